The zero-order valence-corrected chi connectivity index (χ0v) is 16.3. The van der Waals surface area contributed by atoms with Gasteiger partial charge in [0.05, 0.1) is 5.39 Å². The first-order chi connectivity index (χ1) is 14.2. The predicted molar refractivity (Wildman–Crippen MR) is 104 cm³/mol. The van der Waals surface area contributed by atoms with Crippen LogP contribution in [0.2, 0.25) is 0 Å². The maximum atomic E-state index is 14.6. The lowest BCUT2D eigenvalue weighted by Crippen LogP contribution is -2.20. The van der Waals surface area contributed by atoms with E-state index in [-0.39, 0.29) is 5.39 Å². The van der Waals surface area contributed by atoms with Gasteiger partial charge in [-0.1, -0.05) is 44.0 Å². The highest BCUT2D eigenvalue weighted by atomic mass is 19.4. The van der Waals surface area contributed by atoms with Crippen LogP contribution in [0.5, 0.6) is 5.75 Å². The summed E-state index contributed by atoms with van der Waals surface area (Å²) in [6, 6.07) is 10.7. The van der Waals surface area contributed by atoms with Crippen LogP contribution in [0.4, 0.5) is 26.3 Å². The fraction of sp³-hybridized carbons (Fsp3) is 0.304. The lowest BCUT2D eigenvalue weighted by molar-refractivity contribution is -0.154. The number of fused-ring (bicyclic) bond motifs is 1. The van der Waals surface area contributed by atoms with Gasteiger partial charge in [-0.15, -0.1) is 0 Å². The van der Waals surface area contributed by atoms with Crippen molar-refractivity contribution in [2.75, 3.05) is 6.61 Å². The summed E-state index contributed by atoms with van der Waals surface area (Å²) in [5.74, 6) is -5.08. The molecule has 0 N–H and O–H groups in total. The second-order valence-electron chi connectivity index (χ2n) is 7.12. The molecule has 3 rings (SSSR count). The molecule has 0 atom stereocenters. The average Bonchev–Trinajstić information content (AvgIpc) is 2.67. The number of rotatable bonds is 7. The molecule has 0 bridgehead atoms. The minimum Gasteiger partial charge on any atom is -0.478 e. The van der Waals surface area contributed by atoms with E-state index in [9.17, 15) is 26.3 Å². The van der Waals surface area contributed by atoms with Gasteiger partial charge in [-0.05, 0) is 53.1 Å². The number of aryl methyl sites for hydroxylation is 1. The van der Waals surface area contributed by atoms with E-state index < -0.39 is 41.4 Å². The van der Waals surface area contributed by atoms with Crippen LogP contribution in [-0.2, 0) is 6.42 Å². The van der Waals surface area contributed by atoms with Crippen molar-refractivity contribution < 1.29 is 31.1 Å². The van der Waals surface area contributed by atoms with Crippen LogP contribution in [0.1, 0.15) is 31.7 Å². The van der Waals surface area contributed by atoms with E-state index in [4.69, 9.17) is 0 Å². The van der Waals surface area contributed by atoms with Gasteiger partial charge < -0.3 is 4.74 Å². The number of alkyl halides is 3. The monoisotopic (exact) mass is 426 g/mol. The Kier molecular flexibility index (Phi) is 6.58. The van der Waals surface area contributed by atoms with E-state index in [1.54, 1.807) is 12.1 Å². The molecule has 0 spiro atoms. The zero-order chi connectivity index (χ0) is 21.9. The molecule has 0 saturated carbocycles. The first-order valence-electron chi connectivity index (χ1n) is 9.59. The number of unbranched alkanes of at least 4 members (excludes halogenated alkanes) is 2. The summed E-state index contributed by atoms with van der Waals surface area (Å²) in [5.41, 5.74) is 2.20. The standard InChI is InChI=1S/C23H20F6O/c1-2-3-4-5-14-6-8-15(9-7-14)16-10-17-12-19(25)22(30-13-23(27,28)29)21(26)20(17)18(24)11-16/h6-12H,2-5,13H2,1H3. The molecule has 0 saturated heterocycles. The topological polar surface area (TPSA) is 9.23 Å². The fourth-order valence-electron chi connectivity index (χ4n) is 3.29. The van der Waals surface area contributed by atoms with Crippen LogP contribution in [-0.4, -0.2) is 12.8 Å². The molecule has 0 fully saturated rings. The molecule has 0 unspecified atom stereocenters. The molecule has 0 aliphatic rings. The molecule has 7 heteroatoms. The molecule has 3 aromatic carbocycles. The number of hydrogen-bond acceptors (Lipinski definition) is 1. The Morgan fingerprint density at radius 2 is 1.53 bits per heavy atom. The highest BCUT2D eigenvalue weighted by Crippen LogP contribution is 2.35. The van der Waals surface area contributed by atoms with E-state index in [2.05, 4.69) is 11.7 Å². The first kappa shape index (κ1) is 22.0. The minimum atomic E-state index is -4.78. The molecule has 0 amide bonds. The molecule has 3 aromatic rings. The lowest BCUT2D eigenvalue weighted by Gasteiger charge is -2.13. The van der Waals surface area contributed by atoms with Crippen LogP contribution in [0.3, 0.4) is 0 Å². The molecule has 0 aliphatic heterocycles. The summed E-state index contributed by atoms with van der Waals surface area (Å²) >= 11 is 0. The maximum absolute atomic E-state index is 14.6. The zero-order valence-electron chi connectivity index (χ0n) is 16.3. The number of benzene rings is 3. The van der Waals surface area contributed by atoms with Gasteiger partial charge in [0.2, 0.25) is 0 Å². The van der Waals surface area contributed by atoms with Crippen molar-refractivity contribution in [1.29, 1.82) is 0 Å². The average molecular weight is 426 g/mol. The highest BCUT2D eigenvalue weighted by molar-refractivity contribution is 5.89. The largest absolute Gasteiger partial charge is 0.478 e. The second-order valence-corrected chi connectivity index (χ2v) is 7.12. The van der Waals surface area contributed by atoms with Gasteiger partial charge in [-0.3, -0.25) is 0 Å². The quantitative estimate of drug-likeness (QED) is 0.279. The Morgan fingerprint density at radius 1 is 0.833 bits per heavy atom. The maximum Gasteiger partial charge on any atom is 0.422 e. The summed E-state index contributed by atoms with van der Waals surface area (Å²) in [7, 11) is 0. The van der Waals surface area contributed by atoms with Gasteiger partial charge in [0.25, 0.3) is 0 Å². The van der Waals surface area contributed by atoms with Crippen LogP contribution in [0.25, 0.3) is 21.9 Å². The molecule has 160 valence electrons. The second kappa shape index (κ2) is 8.98. The van der Waals surface area contributed by atoms with Gasteiger partial charge in [-0.2, -0.15) is 13.2 Å². The molecule has 0 radical (unpaired) electrons. The van der Waals surface area contributed by atoms with Crippen LogP contribution in [0, 0.1) is 17.5 Å². The van der Waals surface area contributed by atoms with Crippen molar-refractivity contribution >= 4 is 10.8 Å². The minimum absolute atomic E-state index is 0.105. The molecule has 1 nitrogen and oxygen atoms in total. The Labute approximate surface area is 170 Å². The van der Waals surface area contributed by atoms with Gasteiger partial charge >= 0.3 is 6.18 Å². The van der Waals surface area contributed by atoms with Crippen molar-refractivity contribution in [3.8, 4) is 16.9 Å². The summed E-state index contributed by atoms with van der Waals surface area (Å²) in [5, 5.41) is -0.722. The summed E-state index contributed by atoms with van der Waals surface area (Å²) in [4.78, 5) is 0. The molecule has 0 aliphatic carbocycles. The molecular weight excluding hydrogens is 406 g/mol. The van der Waals surface area contributed by atoms with E-state index in [0.717, 1.165) is 43.4 Å². The smallest absolute Gasteiger partial charge is 0.422 e. The van der Waals surface area contributed by atoms with Crippen LogP contribution >= 0.6 is 0 Å². The molecule has 0 heterocycles. The third-order valence-corrected chi connectivity index (χ3v) is 4.78. The number of ether oxygens (including phenoxy) is 1. The Hall–Kier alpha value is -2.70. The van der Waals surface area contributed by atoms with E-state index in [1.165, 1.54) is 6.07 Å². The number of halogens is 6. The molecular formula is C23H20F6O. The fourth-order valence-corrected chi connectivity index (χ4v) is 3.29. The van der Waals surface area contributed by atoms with Gasteiger partial charge in [0, 0.05) is 0 Å². The Morgan fingerprint density at radius 3 is 2.17 bits per heavy atom. The van der Waals surface area contributed by atoms with E-state index >= 15 is 0 Å². The van der Waals surface area contributed by atoms with Crippen molar-refractivity contribution in [3.05, 3.63) is 65.5 Å². The molecule has 30 heavy (non-hydrogen) atoms. The van der Waals surface area contributed by atoms with Crippen LogP contribution < -0.4 is 4.74 Å². The predicted octanol–water partition coefficient (Wildman–Crippen LogP) is 7.60. The summed E-state index contributed by atoms with van der Waals surface area (Å²) in [6.45, 7) is 0.241. The van der Waals surface area contributed by atoms with Crippen molar-refractivity contribution in [2.45, 2.75) is 38.8 Å². The van der Waals surface area contributed by atoms with Crippen molar-refractivity contribution in [3.63, 3.8) is 0 Å². The van der Waals surface area contributed by atoms with Crippen LogP contribution in [0.15, 0.2) is 42.5 Å². The van der Waals surface area contributed by atoms with E-state index in [1.807, 2.05) is 12.1 Å². The van der Waals surface area contributed by atoms with Gasteiger partial charge in [0.15, 0.2) is 24.0 Å². The summed E-state index contributed by atoms with van der Waals surface area (Å²) in [6.07, 6.45) is -0.540. The first-order valence-corrected chi connectivity index (χ1v) is 9.59. The van der Waals surface area contributed by atoms with Gasteiger partial charge in [-0.25, -0.2) is 13.2 Å². The summed E-state index contributed by atoms with van der Waals surface area (Å²) < 4.78 is 84.5. The lowest BCUT2D eigenvalue weighted by atomic mass is 9.98. The molecule has 0 aromatic heterocycles. The Bertz CT molecular complexity index is 1020. The third kappa shape index (κ3) is 5.07. The highest BCUT2D eigenvalue weighted by Gasteiger charge is 2.30. The van der Waals surface area contributed by atoms with Gasteiger partial charge in [0.1, 0.15) is 5.82 Å². The SMILES string of the molecule is CCCCCc1ccc(-c2cc(F)c3c(F)c(OCC(F)(F)F)c(F)cc3c2)cc1. The number of hydrogen-bond donors (Lipinski definition) is 0. The van der Waals surface area contributed by atoms with E-state index in [0.29, 0.717) is 11.1 Å². The normalized spacial score (nSPS) is 11.8. The van der Waals surface area contributed by atoms with Crippen molar-refractivity contribution in [2.24, 2.45) is 0 Å². The van der Waals surface area contributed by atoms with Crippen molar-refractivity contribution in [1.82, 2.24) is 0 Å². The third-order valence-electron chi connectivity index (χ3n) is 4.78. The Balaban J connectivity index is 1.94.